The monoisotopic (exact) mass is 258 g/mol. The fraction of sp³-hybridized carbons (Fsp3) is 0.909. The van der Waals surface area contributed by atoms with Crippen molar-refractivity contribution in [2.45, 2.75) is 42.9 Å². The number of rotatable bonds is 4. The lowest BCUT2D eigenvalue weighted by Crippen LogP contribution is -2.55. The third kappa shape index (κ3) is 1.14. The van der Waals surface area contributed by atoms with Crippen LogP contribution in [-0.4, -0.2) is 80.3 Å². The first-order valence-electron chi connectivity index (χ1n) is 6.24. The van der Waals surface area contributed by atoms with Gasteiger partial charge in [-0.15, -0.1) is 0 Å². The molecule has 5 N–H and O–H groups in total. The lowest BCUT2D eigenvalue weighted by atomic mass is 9.72. The molecule has 0 bridgehead atoms. The molecule has 2 saturated carbocycles. The van der Waals surface area contributed by atoms with Crippen LogP contribution in [0.3, 0.4) is 0 Å². The highest BCUT2D eigenvalue weighted by molar-refractivity contribution is 5.71. The summed E-state index contributed by atoms with van der Waals surface area (Å²) in [5.41, 5.74) is -0.732. The van der Waals surface area contributed by atoms with Gasteiger partial charge in [-0.3, -0.25) is 9.69 Å². The molecule has 0 aromatic carbocycles. The smallest absolute Gasteiger partial charge is 0.317 e. The zero-order valence-corrected chi connectivity index (χ0v) is 10.0. The number of carboxylic acids is 1. The Morgan fingerprint density at radius 3 is 2.56 bits per heavy atom. The average Bonchev–Trinajstić information content (AvgIpc) is 2.80. The molecule has 102 valence electrons. The largest absolute Gasteiger partial charge is 0.480 e. The minimum atomic E-state index is -0.988. The summed E-state index contributed by atoms with van der Waals surface area (Å²) in [5.74, 6) is -1.45. The Hall–Kier alpha value is -0.730. The second-order valence-corrected chi connectivity index (χ2v) is 5.39. The van der Waals surface area contributed by atoms with E-state index in [1.165, 1.54) is 0 Å². The molecule has 1 aliphatic heterocycles. The maximum Gasteiger partial charge on any atom is 0.317 e. The SMILES string of the molecule is CCNC1C(O)C2C(O)C3N(CC(=O)O)C23C1O. The number of nitrogens with zero attached hydrogens (tertiary/aromatic N) is 1. The van der Waals surface area contributed by atoms with Gasteiger partial charge in [0.15, 0.2) is 0 Å². The molecule has 0 aromatic rings. The Morgan fingerprint density at radius 2 is 2.00 bits per heavy atom. The van der Waals surface area contributed by atoms with E-state index < -0.39 is 41.8 Å². The first-order chi connectivity index (χ1) is 8.47. The molecule has 2 aliphatic carbocycles. The van der Waals surface area contributed by atoms with Crippen LogP contribution in [0.2, 0.25) is 0 Å². The molecule has 8 unspecified atom stereocenters. The minimum absolute atomic E-state index is 0.207. The second-order valence-electron chi connectivity index (χ2n) is 5.39. The van der Waals surface area contributed by atoms with E-state index >= 15 is 0 Å². The Kier molecular flexibility index (Phi) is 2.49. The molecule has 7 nitrogen and oxygen atoms in total. The van der Waals surface area contributed by atoms with Crippen LogP contribution >= 0.6 is 0 Å². The summed E-state index contributed by atoms with van der Waals surface area (Å²) in [6.07, 6.45) is -2.44. The summed E-state index contributed by atoms with van der Waals surface area (Å²) in [4.78, 5) is 12.4. The van der Waals surface area contributed by atoms with Crippen LogP contribution < -0.4 is 5.32 Å². The third-order valence-corrected chi connectivity index (χ3v) is 4.76. The summed E-state index contributed by atoms with van der Waals surface area (Å²) >= 11 is 0. The van der Waals surface area contributed by atoms with Gasteiger partial charge in [0.2, 0.25) is 0 Å². The van der Waals surface area contributed by atoms with Crippen molar-refractivity contribution in [1.29, 1.82) is 0 Å². The van der Waals surface area contributed by atoms with Gasteiger partial charge in [-0.25, -0.2) is 0 Å². The average molecular weight is 258 g/mol. The zero-order chi connectivity index (χ0) is 13.2. The minimum Gasteiger partial charge on any atom is -0.480 e. The van der Waals surface area contributed by atoms with Crippen molar-refractivity contribution in [2.24, 2.45) is 5.92 Å². The van der Waals surface area contributed by atoms with E-state index in [2.05, 4.69) is 5.32 Å². The number of likely N-dealkylation sites (N-methyl/N-ethyl adjacent to an activating group) is 1. The standard InChI is InChI=1S/C11H18N2O5/c1-2-12-6-7(16)5-8(17)9-11(5,10(6)18)13(9)3-4(14)15/h5-10,12,16-18H,2-3H2,1H3,(H,14,15). The van der Waals surface area contributed by atoms with Gasteiger partial charge in [-0.1, -0.05) is 6.92 Å². The number of hydrogen-bond donors (Lipinski definition) is 5. The molecule has 8 atom stereocenters. The van der Waals surface area contributed by atoms with E-state index in [1.54, 1.807) is 4.90 Å². The maximum absolute atomic E-state index is 10.8. The number of carboxylic acid groups (broad SMARTS) is 1. The van der Waals surface area contributed by atoms with Crippen LogP contribution in [0.25, 0.3) is 0 Å². The zero-order valence-electron chi connectivity index (χ0n) is 10.0. The molecule has 1 spiro atoms. The first kappa shape index (κ1) is 12.3. The van der Waals surface area contributed by atoms with E-state index in [0.717, 1.165) is 0 Å². The predicted molar refractivity (Wildman–Crippen MR) is 59.8 cm³/mol. The van der Waals surface area contributed by atoms with Crippen molar-refractivity contribution in [3.05, 3.63) is 0 Å². The quantitative estimate of drug-likeness (QED) is 0.346. The van der Waals surface area contributed by atoms with Crippen molar-refractivity contribution in [2.75, 3.05) is 13.1 Å². The van der Waals surface area contributed by atoms with Crippen LogP contribution in [0.1, 0.15) is 6.92 Å². The van der Waals surface area contributed by atoms with Crippen molar-refractivity contribution < 1.29 is 25.2 Å². The molecule has 0 amide bonds. The number of aliphatic carboxylic acids is 1. The lowest BCUT2D eigenvalue weighted by molar-refractivity contribution is -0.137. The molecule has 1 saturated heterocycles. The van der Waals surface area contributed by atoms with Gasteiger partial charge in [0, 0.05) is 5.92 Å². The van der Waals surface area contributed by atoms with E-state index in [0.29, 0.717) is 6.54 Å². The molecule has 1 heterocycles. The van der Waals surface area contributed by atoms with Gasteiger partial charge in [0.25, 0.3) is 0 Å². The summed E-state index contributed by atoms with van der Waals surface area (Å²) < 4.78 is 0. The maximum atomic E-state index is 10.8. The van der Waals surface area contributed by atoms with Crippen LogP contribution in [0, 0.1) is 5.92 Å². The van der Waals surface area contributed by atoms with E-state index in [9.17, 15) is 20.1 Å². The highest BCUT2D eigenvalue weighted by Crippen LogP contribution is 2.67. The number of nitrogens with one attached hydrogen (secondary N) is 1. The van der Waals surface area contributed by atoms with Crippen LogP contribution in [-0.2, 0) is 4.79 Å². The van der Waals surface area contributed by atoms with Crippen molar-refractivity contribution in [3.8, 4) is 0 Å². The summed E-state index contributed by atoms with van der Waals surface area (Å²) in [7, 11) is 0. The van der Waals surface area contributed by atoms with Gasteiger partial charge >= 0.3 is 5.97 Å². The van der Waals surface area contributed by atoms with E-state index in [-0.39, 0.29) is 12.6 Å². The van der Waals surface area contributed by atoms with Crippen molar-refractivity contribution >= 4 is 5.97 Å². The van der Waals surface area contributed by atoms with E-state index in [1.807, 2.05) is 6.92 Å². The number of carbonyl (C=O) groups is 1. The topological polar surface area (TPSA) is 113 Å². The lowest BCUT2D eigenvalue weighted by Gasteiger charge is -2.35. The number of aliphatic hydroxyl groups excluding tert-OH is 3. The molecule has 3 aliphatic rings. The van der Waals surface area contributed by atoms with Gasteiger partial charge in [-0.2, -0.15) is 0 Å². The highest BCUT2D eigenvalue weighted by Gasteiger charge is 2.88. The third-order valence-electron chi connectivity index (χ3n) is 4.76. The Balaban J connectivity index is 1.85. The summed E-state index contributed by atoms with van der Waals surface area (Å²) in [6.45, 7) is 2.26. The Labute approximate surface area is 104 Å². The van der Waals surface area contributed by atoms with Gasteiger partial charge < -0.3 is 25.7 Å². The molecular formula is C11H18N2O5. The second kappa shape index (κ2) is 3.64. The van der Waals surface area contributed by atoms with Crippen molar-refractivity contribution in [1.82, 2.24) is 10.2 Å². The fourth-order valence-corrected chi connectivity index (χ4v) is 4.16. The normalized spacial score (nSPS) is 56.6. The molecule has 18 heavy (non-hydrogen) atoms. The molecule has 3 fully saturated rings. The predicted octanol–water partition coefficient (Wildman–Crippen LogP) is -2.80. The van der Waals surface area contributed by atoms with Gasteiger partial charge in [-0.05, 0) is 6.54 Å². The van der Waals surface area contributed by atoms with Crippen LogP contribution in [0.15, 0.2) is 0 Å². The molecule has 7 heteroatoms. The fourth-order valence-electron chi connectivity index (χ4n) is 4.16. The molecular weight excluding hydrogens is 240 g/mol. The number of likely N-dealkylation sites (tertiary alicyclic amines) is 1. The summed E-state index contributed by atoms with van der Waals surface area (Å²) in [5, 5.41) is 42.2. The molecule has 0 radical (unpaired) electrons. The van der Waals surface area contributed by atoms with Gasteiger partial charge in [0.05, 0.1) is 42.5 Å². The Bertz CT molecular complexity index is 392. The first-order valence-corrected chi connectivity index (χ1v) is 6.24. The summed E-state index contributed by atoms with van der Waals surface area (Å²) in [6, 6.07) is -0.828. The number of hydrogen-bond acceptors (Lipinski definition) is 6. The van der Waals surface area contributed by atoms with Gasteiger partial charge in [0.1, 0.15) is 0 Å². The molecule has 3 rings (SSSR count). The van der Waals surface area contributed by atoms with Crippen LogP contribution in [0.5, 0.6) is 0 Å². The van der Waals surface area contributed by atoms with Crippen LogP contribution in [0.4, 0.5) is 0 Å². The Morgan fingerprint density at radius 1 is 1.33 bits per heavy atom. The van der Waals surface area contributed by atoms with E-state index in [4.69, 9.17) is 5.11 Å². The number of aliphatic hydroxyl groups is 3. The van der Waals surface area contributed by atoms with Crippen molar-refractivity contribution in [3.63, 3.8) is 0 Å². The molecule has 0 aromatic heterocycles. The highest BCUT2D eigenvalue weighted by atomic mass is 16.4.